The van der Waals surface area contributed by atoms with Gasteiger partial charge in [0, 0.05) is 26.9 Å². The molecule has 0 radical (unpaired) electrons. The van der Waals surface area contributed by atoms with Crippen LogP contribution in [-0.2, 0) is 22.9 Å². The molecule has 2 aromatic carbocycles. The Morgan fingerprint density at radius 3 is 2.32 bits per heavy atom. The molecule has 0 amide bonds. The summed E-state index contributed by atoms with van der Waals surface area (Å²) in [4.78, 5) is 6.93. The van der Waals surface area contributed by atoms with Crippen LogP contribution in [0.15, 0.2) is 58.4 Å². The van der Waals surface area contributed by atoms with Gasteiger partial charge in [0.1, 0.15) is 0 Å². The van der Waals surface area contributed by atoms with Crippen molar-refractivity contribution in [2.75, 3.05) is 20.4 Å². The molecule has 0 spiro atoms. The highest BCUT2D eigenvalue weighted by molar-refractivity contribution is 7.90. The number of aryl methyl sites for hydroxylation is 1. The second-order valence-electron chi connectivity index (χ2n) is 6.25. The first-order valence-corrected chi connectivity index (χ1v) is 9.95. The topological polar surface area (TPSA) is 61.8 Å². The van der Waals surface area contributed by atoms with E-state index in [1.54, 1.807) is 6.07 Å². The van der Waals surface area contributed by atoms with Crippen molar-refractivity contribution in [3.63, 3.8) is 0 Å². The summed E-state index contributed by atoms with van der Waals surface area (Å²) in [7, 11) is 0.688. The Bertz CT molecular complexity index is 844. The van der Waals surface area contributed by atoms with Gasteiger partial charge in [-0.25, -0.2) is 13.4 Å². The zero-order valence-corrected chi connectivity index (χ0v) is 16.0. The zero-order valence-electron chi connectivity index (χ0n) is 15.2. The number of rotatable bonds is 5. The molecule has 5 nitrogen and oxygen atoms in total. The van der Waals surface area contributed by atoms with Crippen molar-refractivity contribution in [1.82, 2.24) is 10.2 Å². The normalized spacial score (nSPS) is 12.1. The summed E-state index contributed by atoms with van der Waals surface area (Å²) in [6.45, 7) is 2.99. The average Bonchev–Trinajstić information content (AvgIpc) is 2.54. The molecule has 1 N–H and O–H groups in total. The van der Waals surface area contributed by atoms with Crippen molar-refractivity contribution in [3.8, 4) is 0 Å². The molecule has 0 heterocycles. The summed E-state index contributed by atoms with van der Waals surface area (Å²) in [6.07, 6.45) is 1.23. The Morgan fingerprint density at radius 1 is 1.08 bits per heavy atom. The maximum absolute atomic E-state index is 11.7. The van der Waals surface area contributed by atoms with Crippen LogP contribution in [0.5, 0.6) is 0 Å². The molecule has 0 bridgehead atoms. The highest BCUT2D eigenvalue weighted by Gasteiger charge is 2.11. The van der Waals surface area contributed by atoms with Crippen LogP contribution in [0, 0.1) is 6.92 Å². The van der Waals surface area contributed by atoms with Crippen LogP contribution in [0.1, 0.15) is 16.7 Å². The lowest BCUT2D eigenvalue weighted by molar-refractivity contribution is 0.578. The fraction of sp³-hybridized carbons (Fsp3) is 0.316. The SMILES string of the molecule is Cc1cc(CN=C(NCc2ccccc2)N(C)C)ccc1S(C)(=O)=O. The minimum atomic E-state index is -3.19. The Hall–Kier alpha value is -2.34. The molecule has 0 saturated heterocycles. The van der Waals surface area contributed by atoms with Crippen molar-refractivity contribution in [1.29, 1.82) is 0 Å². The van der Waals surface area contributed by atoms with Gasteiger partial charge < -0.3 is 10.2 Å². The predicted octanol–water partition coefficient (Wildman–Crippen LogP) is 2.61. The Labute approximate surface area is 150 Å². The fourth-order valence-corrected chi connectivity index (χ4v) is 3.48. The molecule has 0 aliphatic carbocycles. The third-order valence-corrected chi connectivity index (χ3v) is 5.02. The average molecular weight is 359 g/mol. The number of hydrogen-bond acceptors (Lipinski definition) is 3. The lowest BCUT2D eigenvalue weighted by Gasteiger charge is -2.18. The molecule has 0 aromatic heterocycles. The molecule has 0 atom stereocenters. The van der Waals surface area contributed by atoms with Gasteiger partial charge in [-0.2, -0.15) is 0 Å². The molecule has 6 heteroatoms. The molecule has 134 valence electrons. The first-order valence-electron chi connectivity index (χ1n) is 8.06. The van der Waals surface area contributed by atoms with E-state index in [0.717, 1.165) is 17.1 Å². The van der Waals surface area contributed by atoms with E-state index in [-0.39, 0.29) is 0 Å². The standard InChI is InChI=1S/C19H25N3O2S/c1-15-12-17(10-11-18(15)25(4,23)24)14-21-19(22(2)3)20-13-16-8-6-5-7-9-16/h5-12H,13-14H2,1-4H3,(H,20,21). The van der Waals surface area contributed by atoms with E-state index in [1.807, 2.05) is 56.3 Å². The van der Waals surface area contributed by atoms with Gasteiger partial charge in [-0.3, -0.25) is 0 Å². The van der Waals surface area contributed by atoms with Crippen LogP contribution in [-0.4, -0.2) is 39.6 Å². The molecule has 0 aliphatic heterocycles. The van der Waals surface area contributed by atoms with Crippen LogP contribution < -0.4 is 5.32 Å². The molecule has 2 rings (SSSR count). The molecule has 0 aliphatic rings. The highest BCUT2D eigenvalue weighted by atomic mass is 32.2. The number of nitrogens with zero attached hydrogens (tertiary/aromatic N) is 2. The molecule has 25 heavy (non-hydrogen) atoms. The third-order valence-electron chi connectivity index (χ3n) is 3.77. The molecule has 0 fully saturated rings. The smallest absolute Gasteiger partial charge is 0.194 e. The molecule has 2 aromatic rings. The maximum atomic E-state index is 11.7. The molecular formula is C19H25N3O2S. The third kappa shape index (κ3) is 5.60. The summed E-state index contributed by atoms with van der Waals surface area (Å²) in [5, 5.41) is 3.34. The number of sulfone groups is 1. The van der Waals surface area contributed by atoms with Crippen LogP contribution >= 0.6 is 0 Å². The van der Waals surface area contributed by atoms with Crippen molar-refractivity contribution in [2.24, 2.45) is 4.99 Å². The first kappa shape index (κ1) is 19.0. The predicted molar refractivity (Wildman–Crippen MR) is 102 cm³/mol. The highest BCUT2D eigenvalue weighted by Crippen LogP contribution is 2.17. The van der Waals surface area contributed by atoms with E-state index in [2.05, 4.69) is 22.4 Å². The largest absolute Gasteiger partial charge is 0.352 e. The number of hydrogen-bond donors (Lipinski definition) is 1. The van der Waals surface area contributed by atoms with Gasteiger partial charge in [-0.15, -0.1) is 0 Å². The minimum Gasteiger partial charge on any atom is -0.352 e. The second-order valence-corrected chi connectivity index (χ2v) is 8.23. The first-order chi connectivity index (χ1) is 11.8. The van der Waals surface area contributed by atoms with Gasteiger partial charge in [0.25, 0.3) is 0 Å². The van der Waals surface area contributed by atoms with Gasteiger partial charge in [-0.05, 0) is 29.7 Å². The molecule has 0 saturated carbocycles. The van der Waals surface area contributed by atoms with Crippen molar-refractivity contribution >= 4 is 15.8 Å². The van der Waals surface area contributed by atoms with Crippen molar-refractivity contribution in [2.45, 2.75) is 24.9 Å². The van der Waals surface area contributed by atoms with E-state index in [1.165, 1.54) is 11.8 Å². The summed E-state index contributed by atoms with van der Waals surface area (Å²) < 4.78 is 23.4. The Morgan fingerprint density at radius 2 is 1.76 bits per heavy atom. The van der Waals surface area contributed by atoms with E-state index in [0.29, 0.717) is 18.0 Å². The van der Waals surface area contributed by atoms with Gasteiger partial charge >= 0.3 is 0 Å². The van der Waals surface area contributed by atoms with E-state index in [9.17, 15) is 8.42 Å². The van der Waals surface area contributed by atoms with Crippen molar-refractivity contribution < 1.29 is 8.42 Å². The van der Waals surface area contributed by atoms with E-state index >= 15 is 0 Å². The lowest BCUT2D eigenvalue weighted by atomic mass is 10.1. The number of aliphatic imine (C=N–C) groups is 1. The number of guanidine groups is 1. The van der Waals surface area contributed by atoms with Crippen LogP contribution in [0.3, 0.4) is 0 Å². The quantitative estimate of drug-likeness (QED) is 0.658. The lowest BCUT2D eigenvalue weighted by Crippen LogP contribution is -2.36. The summed E-state index contributed by atoms with van der Waals surface area (Å²) in [5.41, 5.74) is 2.91. The maximum Gasteiger partial charge on any atom is 0.194 e. The molecular weight excluding hydrogens is 334 g/mol. The van der Waals surface area contributed by atoms with Gasteiger partial charge in [-0.1, -0.05) is 42.5 Å². The number of benzene rings is 2. The van der Waals surface area contributed by atoms with Crippen LogP contribution in [0.4, 0.5) is 0 Å². The van der Waals surface area contributed by atoms with Gasteiger partial charge in [0.05, 0.1) is 11.4 Å². The van der Waals surface area contributed by atoms with Crippen LogP contribution in [0.25, 0.3) is 0 Å². The van der Waals surface area contributed by atoms with Crippen molar-refractivity contribution in [3.05, 3.63) is 65.2 Å². The second kappa shape index (κ2) is 8.16. The minimum absolute atomic E-state index is 0.371. The van der Waals surface area contributed by atoms with Gasteiger partial charge in [0.2, 0.25) is 0 Å². The zero-order chi connectivity index (χ0) is 18.4. The van der Waals surface area contributed by atoms with Gasteiger partial charge in [0.15, 0.2) is 15.8 Å². The molecule has 0 unspecified atom stereocenters. The summed E-state index contributed by atoms with van der Waals surface area (Å²) in [6, 6.07) is 15.5. The fourth-order valence-electron chi connectivity index (χ4n) is 2.52. The Balaban J connectivity index is 2.09. The van der Waals surface area contributed by atoms with E-state index < -0.39 is 9.84 Å². The van der Waals surface area contributed by atoms with Crippen LogP contribution in [0.2, 0.25) is 0 Å². The summed E-state index contributed by atoms with van der Waals surface area (Å²) >= 11 is 0. The Kier molecular flexibility index (Phi) is 6.20. The number of nitrogens with one attached hydrogen (secondary N) is 1. The van der Waals surface area contributed by atoms with E-state index in [4.69, 9.17) is 0 Å². The summed E-state index contributed by atoms with van der Waals surface area (Å²) in [5.74, 6) is 0.786. The monoisotopic (exact) mass is 359 g/mol.